The molecule has 0 bridgehead atoms. The van der Waals surface area contributed by atoms with Gasteiger partial charge in [0.1, 0.15) is 5.66 Å². The van der Waals surface area contributed by atoms with Gasteiger partial charge in [0.2, 0.25) is 7.37 Å². The molecular formula is C6H13O4P. The summed E-state index contributed by atoms with van der Waals surface area (Å²) in [5, 5.41) is 8.41. The van der Waals surface area contributed by atoms with Crippen LogP contribution in [0.4, 0.5) is 0 Å². The SMILES string of the molecule is CCCP(=O)(O)C(C)C(=O)O. The predicted molar refractivity (Wildman–Crippen MR) is 42.1 cm³/mol. The van der Waals surface area contributed by atoms with Crippen molar-refractivity contribution in [1.29, 1.82) is 0 Å². The van der Waals surface area contributed by atoms with Crippen LogP contribution in [0.15, 0.2) is 0 Å². The highest BCUT2D eigenvalue weighted by molar-refractivity contribution is 7.59. The second kappa shape index (κ2) is 3.88. The van der Waals surface area contributed by atoms with Gasteiger partial charge in [-0.15, -0.1) is 0 Å². The second-order valence-corrected chi connectivity index (χ2v) is 5.23. The second-order valence-electron chi connectivity index (χ2n) is 2.49. The van der Waals surface area contributed by atoms with E-state index in [0.717, 1.165) is 0 Å². The third-order valence-electron chi connectivity index (χ3n) is 1.51. The fourth-order valence-corrected chi connectivity index (χ4v) is 2.06. The van der Waals surface area contributed by atoms with Crippen LogP contribution in [0.2, 0.25) is 0 Å². The Morgan fingerprint density at radius 2 is 2.09 bits per heavy atom. The van der Waals surface area contributed by atoms with Crippen LogP contribution >= 0.6 is 7.37 Å². The van der Waals surface area contributed by atoms with Gasteiger partial charge < -0.3 is 10.00 Å². The summed E-state index contributed by atoms with van der Waals surface area (Å²) in [6.45, 7) is 3.01. The van der Waals surface area contributed by atoms with Gasteiger partial charge in [-0.05, 0) is 13.3 Å². The first kappa shape index (κ1) is 10.7. The summed E-state index contributed by atoms with van der Waals surface area (Å²) in [6, 6.07) is 0. The summed E-state index contributed by atoms with van der Waals surface area (Å²) < 4.78 is 11.1. The fourth-order valence-electron chi connectivity index (χ4n) is 0.687. The van der Waals surface area contributed by atoms with Crippen LogP contribution in [-0.4, -0.2) is 27.8 Å². The number of hydrogen-bond acceptors (Lipinski definition) is 2. The minimum atomic E-state index is -3.44. The maximum Gasteiger partial charge on any atom is 0.316 e. The molecule has 2 N–H and O–H groups in total. The topological polar surface area (TPSA) is 74.6 Å². The number of carboxylic acid groups (broad SMARTS) is 1. The van der Waals surface area contributed by atoms with Gasteiger partial charge in [-0.25, -0.2) is 0 Å². The normalized spacial score (nSPS) is 18.8. The van der Waals surface area contributed by atoms with E-state index in [4.69, 9.17) is 10.00 Å². The standard InChI is InChI=1S/C6H13O4P/c1-3-4-11(9,10)5(2)6(7)8/h5H,3-4H2,1-2H3,(H,7,8)(H,9,10). The number of aliphatic carboxylic acids is 1. The van der Waals surface area contributed by atoms with Crippen LogP contribution in [0.25, 0.3) is 0 Å². The van der Waals surface area contributed by atoms with Crippen molar-refractivity contribution >= 4 is 13.3 Å². The molecule has 0 aromatic rings. The van der Waals surface area contributed by atoms with E-state index < -0.39 is 19.0 Å². The average molecular weight is 180 g/mol. The first-order chi connectivity index (χ1) is 4.91. The van der Waals surface area contributed by atoms with Gasteiger partial charge in [0.15, 0.2) is 0 Å². The fraction of sp³-hybridized carbons (Fsp3) is 0.833. The van der Waals surface area contributed by atoms with Gasteiger partial charge in [0, 0.05) is 6.16 Å². The number of rotatable bonds is 4. The molecule has 0 amide bonds. The minimum absolute atomic E-state index is 0.0838. The lowest BCUT2D eigenvalue weighted by atomic mass is 10.5. The first-order valence-electron chi connectivity index (χ1n) is 3.46. The average Bonchev–Trinajstić information content (AvgIpc) is 1.86. The molecule has 0 rings (SSSR count). The molecule has 0 aromatic heterocycles. The van der Waals surface area contributed by atoms with Crippen LogP contribution in [-0.2, 0) is 9.36 Å². The van der Waals surface area contributed by atoms with Gasteiger partial charge >= 0.3 is 5.97 Å². The summed E-state index contributed by atoms with van der Waals surface area (Å²) in [5.41, 5.74) is -1.14. The number of carbonyl (C=O) groups is 1. The Labute approximate surface area is 65.7 Å². The van der Waals surface area contributed by atoms with Crippen LogP contribution in [0.1, 0.15) is 20.3 Å². The van der Waals surface area contributed by atoms with E-state index in [1.54, 1.807) is 6.92 Å². The quantitative estimate of drug-likeness (QED) is 0.636. The Morgan fingerprint density at radius 1 is 1.64 bits per heavy atom. The van der Waals surface area contributed by atoms with E-state index in [0.29, 0.717) is 6.42 Å². The summed E-state index contributed by atoms with van der Waals surface area (Å²) in [5.74, 6) is -1.20. The van der Waals surface area contributed by atoms with Crippen molar-refractivity contribution < 1.29 is 19.4 Å². The molecule has 2 atom stereocenters. The van der Waals surface area contributed by atoms with E-state index in [2.05, 4.69) is 0 Å². The van der Waals surface area contributed by atoms with E-state index in [1.807, 2.05) is 0 Å². The first-order valence-corrected chi connectivity index (χ1v) is 5.37. The van der Waals surface area contributed by atoms with Crippen molar-refractivity contribution in [2.75, 3.05) is 6.16 Å². The van der Waals surface area contributed by atoms with Crippen LogP contribution < -0.4 is 0 Å². The van der Waals surface area contributed by atoms with Gasteiger partial charge in [0.05, 0.1) is 0 Å². The lowest BCUT2D eigenvalue weighted by Crippen LogP contribution is -2.17. The van der Waals surface area contributed by atoms with Crippen molar-refractivity contribution in [3.8, 4) is 0 Å². The molecule has 0 saturated heterocycles. The predicted octanol–water partition coefficient (Wildman–Crippen LogP) is 1.14. The Kier molecular flexibility index (Phi) is 3.76. The highest BCUT2D eigenvalue weighted by Gasteiger charge is 2.31. The number of hydrogen-bond donors (Lipinski definition) is 2. The molecule has 0 heterocycles. The number of carboxylic acids is 1. The Balaban J connectivity index is 4.30. The molecule has 0 aliphatic carbocycles. The zero-order valence-electron chi connectivity index (χ0n) is 6.65. The van der Waals surface area contributed by atoms with Crippen molar-refractivity contribution in [2.24, 2.45) is 0 Å². The van der Waals surface area contributed by atoms with Crippen molar-refractivity contribution in [2.45, 2.75) is 25.9 Å². The molecule has 0 saturated carbocycles. The van der Waals surface area contributed by atoms with Crippen molar-refractivity contribution in [3.63, 3.8) is 0 Å². The maximum atomic E-state index is 11.1. The van der Waals surface area contributed by atoms with Crippen LogP contribution in [0.5, 0.6) is 0 Å². The Bertz CT molecular complexity index is 189. The molecule has 66 valence electrons. The Morgan fingerprint density at radius 3 is 2.36 bits per heavy atom. The van der Waals surface area contributed by atoms with Gasteiger partial charge in [-0.1, -0.05) is 6.92 Å². The smallest absolute Gasteiger partial charge is 0.316 e. The lowest BCUT2D eigenvalue weighted by Gasteiger charge is -2.13. The highest BCUT2D eigenvalue weighted by Crippen LogP contribution is 2.46. The molecule has 0 aliphatic rings. The monoisotopic (exact) mass is 180 g/mol. The molecule has 0 spiro atoms. The molecule has 4 nitrogen and oxygen atoms in total. The van der Waals surface area contributed by atoms with Crippen LogP contribution in [0.3, 0.4) is 0 Å². The van der Waals surface area contributed by atoms with Crippen LogP contribution in [0, 0.1) is 0 Å². The zero-order valence-corrected chi connectivity index (χ0v) is 7.54. The summed E-state index contributed by atoms with van der Waals surface area (Å²) >= 11 is 0. The van der Waals surface area contributed by atoms with Gasteiger partial charge in [-0.2, -0.15) is 0 Å². The highest BCUT2D eigenvalue weighted by atomic mass is 31.2. The largest absolute Gasteiger partial charge is 0.481 e. The molecule has 0 aromatic carbocycles. The summed E-state index contributed by atoms with van der Waals surface area (Å²) in [6.07, 6.45) is 0.617. The summed E-state index contributed by atoms with van der Waals surface area (Å²) in [7, 11) is -3.44. The Hall–Kier alpha value is -0.340. The van der Waals surface area contributed by atoms with E-state index in [-0.39, 0.29) is 6.16 Å². The van der Waals surface area contributed by atoms with Crippen molar-refractivity contribution in [3.05, 3.63) is 0 Å². The third-order valence-corrected chi connectivity index (χ3v) is 4.03. The van der Waals surface area contributed by atoms with Gasteiger partial charge in [-0.3, -0.25) is 9.36 Å². The van der Waals surface area contributed by atoms with E-state index >= 15 is 0 Å². The van der Waals surface area contributed by atoms with E-state index in [1.165, 1.54) is 6.92 Å². The van der Waals surface area contributed by atoms with E-state index in [9.17, 15) is 9.36 Å². The molecule has 5 heteroatoms. The molecule has 0 aliphatic heterocycles. The molecule has 11 heavy (non-hydrogen) atoms. The van der Waals surface area contributed by atoms with Gasteiger partial charge in [0.25, 0.3) is 0 Å². The molecule has 2 unspecified atom stereocenters. The van der Waals surface area contributed by atoms with Crippen molar-refractivity contribution in [1.82, 2.24) is 0 Å². The lowest BCUT2D eigenvalue weighted by molar-refractivity contribution is -0.136. The molecule has 0 radical (unpaired) electrons. The maximum absolute atomic E-state index is 11.1. The molecular weight excluding hydrogens is 167 g/mol. The summed E-state index contributed by atoms with van der Waals surface area (Å²) in [4.78, 5) is 19.4. The minimum Gasteiger partial charge on any atom is -0.481 e. The third kappa shape index (κ3) is 3.04. The molecule has 0 fully saturated rings. The zero-order chi connectivity index (χ0) is 9.07.